The van der Waals surface area contributed by atoms with Crippen molar-refractivity contribution in [2.45, 2.75) is 13.8 Å². The highest BCUT2D eigenvalue weighted by atomic mass is 32.1. The summed E-state index contributed by atoms with van der Waals surface area (Å²) in [6.07, 6.45) is 0. The molecule has 0 radical (unpaired) electrons. The molecule has 176 valence electrons. The third kappa shape index (κ3) is 4.10. The lowest BCUT2D eigenvalue weighted by Crippen LogP contribution is -2.27. The third-order valence-corrected chi connectivity index (χ3v) is 6.56. The van der Waals surface area contributed by atoms with Crippen molar-refractivity contribution in [3.63, 3.8) is 0 Å². The van der Waals surface area contributed by atoms with Gasteiger partial charge in [0.1, 0.15) is 0 Å². The van der Waals surface area contributed by atoms with Gasteiger partial charge in [-0.15, -0.1) is 0 Å². The number of hydrogen-bond donors (Lipinski definition) is 3. The van der Waals surface area contributed by atoms with Crippen molar-refractivity contribution in [2.75, 3.05) is 23.3 Å². The van der Waals surface area contributed by atoms with Gasteiger partial charge in [0.15, 0.2) is 4.77 Å². The number of carbonyl (C=O) groups is 2. The normalized spacial score (nSPS) is 13.2. The van der Waals surface area contributed by atoms with Crippen LogP contribution in [-0.4, -0.2) is 34.6 Å². The first kappa shape index (κ1) is 22.5. The highest BCUT2D eigenvalue weighted by Gasteiger charge is 2.21. The second kappa shape index (κ2) is 8.84. The summed E-state index contributed by atoms with van der Waals surface area (Å²) in [5.74, 6) is -0.323. The third-order valence-electron chi connectivity index (χ3n) is 6.27. The van der Waals surface area contributed by atoms with Gasteiger partial charge in [-0.05, 0) is 85.7 Å². The topological polar surface area (TPSA) is 99.2 Å². The maximum atomic E-state index is 13.3. The van der Waals surface area contributed by atoms with Gasteiger partial charge < -0.3 is 15.6 Å². The number of amides is 3. The molecule has 5 rings (SSSR count). The van der Waals surface area contributed by atoms with Gasteiger partial charge in [-0.2, -0.15) is 0 Å². The van der Waals surface area contributed by atoms with Crippen molar-refractivity contribution < 1.29 is 9.59 Å². The lowest BCUT2D eigenvalue weighted by atomic mass is 10.1. The minimum absolute atomic E-state index is 0.132. The van der Waals surface area contributed by atoms with E-state index in [0.717, 1.165) is 22.5 Å². The van der Waals surface area contributed by atoms with Crippen molar-refractivity contribution in [1.29, 1.82) is 0 Å². The first-order chi connectivity index (χ1) is 16.8. The zero-order chi connectivity index (χ0) is 24.7. The maximum Gasteiger partial charge on any atom is 0.321 e. The number of aryl methyl sites for hydroxylation is 1. The van der Waals surface area contributed by atoms with Gasteiger partial charge in [-0.25, -0.2) is 4.79 Å². The van der Waals surface area contributed by atoms with Gasteiger partial charge >= 0.3 is 6.03 Å². The van der Waals surface area contributed by atoms with Crippen molar-refractivity contribution in [3.8, 4) is 5.69 Å². The first-order valence-electron chi connectivity index (χ1n) is 11.2. The van der Waals surface area contributed by atoms with Crippen molar-refractivity contribution in [2.24, 2.45) is 0 Å². The van der Waals surface area contributed by atoms with Crippen LogP contribution in [0.4, 0.5) is 16.2 Å². The summed E-state index contributed by atoms with van der Waals surface area (Å²) >= 11 is 5.51. The molecule has 3 amide bonds. The van der Waals surface area contributed by atoms with E-state index in [1.807, 2.05) is 32.0 Å². The van der Waals surface area contributed by atoms with Gasteiger partial charge in [0.25, 0.3) is 11.5 Å². The molecule has 1 aliphatic heterocycles. The van der Waals surface area contributed by atoms with E-state index in [1.54, 1.807) is 47.4 Å². The average Bonchev–Trinajstić information content (AvgIpc) is 3.27. The fraction of sp³-hybridized carbons (Fsp3) is 0.154. The predicted molar refractivity (Wildman–Crippen MR) is 139 cm³/mol. The van der Waals surface area contributed by atoms with Crippen LogP contribution in [0.15, 0.2) is 65.5 Å². The van der Waals surface area contributed by atoms with Gasteiger partial charge in [0.2, 0.25) is 0 Å². The number of nitrogens with one attached hydrogen (secondary N) is 3. The van der Waals surface area contributed by atoms with Gasteiger partial charge in [0, 0.05) is 30.0 Å². The molecule has 4 aromatic rings. The SMILES string of the molecule is Cc1cccc(-n2c(=S)[nH]c3cc(C(=O)Nc4ccc(N5CCNC5=O)cc4)ccc3c2=O)c1C. The molecule has 35 heavy (non-hydrogen) atoms. The molecule has 9 heteroatoms. The average molecular weight is 486 g/mol. The summed E-state index contributed by atoms with van der Waals surface area (Å²) in [6, 6.07) is 17.5. The number of rotatable bonds is 4. The van der Waals surface area contributed by atoms with Crippen molar-refractivity contribution in [1.82, 2.24) is 14.9 Å². The number of aromatic nitrogens is 2. The number of carbonyl (C=O) groups excluding carboxylic acids is 2. The van der Waals surface area contributed by atoms with Crippen LogP contribution in [0.5, 0.6) is 0 Å². The summed E-state index contributed by atoms with van der Waals surface area (Å²) < 4.78 is 1.75. The summed E-state index contributed by atoms with van der Waals surface area (Å²) in [5.41, 5.74) is 4.75. The molecule has 0 bridgehead atoms. The Morgan fingerprint density at radius 3 is 2.51 bits per heavy atom. The number of urea groups is 1. The van der Waals surface area contributed by atoms with E-state index >= 15 is 0 Å². The molecule has 1 saturated heterocycles. The van der Waals surface area contributed by atoms with E-state index in [-0.39, 0.29) is 22.3 Å². The molecule has 0 aliphatic carbocycles. The standard InChI is InChI=1S/C26H23N5O3S/c1-15-4-3-5-22(16(15)2)31-24(33)20-11-6-17(14-21(20)29-26(31)35)23(32)28-18-7-9-19(10-8-18)30-13-12-27-25(30)34/h3-11,14H,12-13H2,1-2H3,(H,27,34)(H,28,32)(H,29,35). The van der Waals surface area contributed by atoms with Crippen molar-refractivity contribution in [3.05, 3.63) is 92.5 Å². The van der Waals surface area contributed by atoms with E-state index in [9.17, 15) is 14.4 Å². The summed E-state index contributed by atoms with van der Waals surface area (Å²) in [5, 5.41) is 6.05. The fourth-order valence-electron chi connectivity index (χ4n) is 4.20. The van der Waals surface area contributed by atoms with Gasteiger partial charge in [0.05, 0.1) is 16.6 Å². The Labute approximate surface area is 206 Å². The number of hydrogen-bond acceptors (Lipinski definition) is 4. The van der Waals surface area contributed by atoms with E-state index in [0.29, 0.717) is 35.2 Å². The minimum Gasteiger partial charge on any atom is -0.336 e. The van der Waals surface area contributed by atoms with E-state index in [2.05, 4.69) is 15.6 Å². The summed E-state index contributed by atoms with van der Waals surface area (Å²) in [4.78, 5) is 42.7. The summed E-state index contributed by atoms with van der Waals surface area (Å²) in [7, 11) is 0. The lowest BCUT2D eigenvalue weighted by molar-refractivity contribution is 0.102. The molecule has 3 N–H and O–H groups in total. The second-order valence-corrected chi connectivity index (χ2v) is 8.82. The van der Waals surface area contributed by atoms with Crippen LogP contribution >= 0.6 is 12.2 Å². The second-order valence-electron chi connectivity index (χ2n) is 8.43. The number of nitrogens with zero attached hydrogens (tertiary/aromatic N) is 2. The highest BCUT2D eigenvalue weighted by molar-refractivity contribution is 7.71. The number of aromatic amines is 1. The largest absolute Gasteiger partial charge is 0.336 e. The minimum atomic E-state index is -0.323. The number of anilines is 2. The van der Waals surface area contributed by atoms with Crippen LogP contribution in [-0.2, 0) is 0 Å². The van der Waals surface area contributed by atoms with Crippen LogP contribution in [0.3, 0.4) is 0 Å². The molecule has 1 aliphatic rings. The number of H-pyrrole nitrogens is 1. The van der Waals surface area contributed by atoms with Crippen LogP contribution < -0.4 is 21.1 Å². The Kier molecular flexibility index (Phi) is 5.70. The molecular weight excluding hydrogens is 462 g/mol. The van der Waals surface area contributed by atoms with Crippen LogP contribution in [0, 0.1) is 18.6 Å². The number of benzene rings is 3. The lowest BCUT2D eigenvalue weighted by Gasteiger charge is -2.15. The quantitative estimate of drug-likeness (QED) is 0.372. The summed E-state index contributed by atoms with van der Waals surface area (Å²) in [6.45, 7) is 5.15. The van der Waals surface area contributed by atoms with Crippen LogP contribution in [0.2, 0.25) is 0 Å². The zero-order valence-electron chi connectivity index (χ0n) is 19.2. The molecule has 0 spiro atoms. The molecular formula is C26H23N5O3S. The number of fused-ring (bicyclic) bond motifs is 1. The smallest absolute Gasteiger partial charge is 0.321 e. The van der Waals surface area contributed by atoms with E-state index < -0.39 is 0 Å². The molecule has 3 aromatic carbocycles. The van der Waals surface area contributed by atoms with Crippen LogP contribution in [0.25, 0.3) is 16.6 Å². The Balaban J connectivity index is 1.43. The van der Waals surface area contributed by atoms with Crippen LogP contribution in [0.1, 0.15) is 21.5 Å². The van der Waals surface area contributed by atoms with Crippen molar-refractivity contribution >= 4 is 46.4 Å². The van der Waals surface area contributed by atoms with E-state index in [4.69, 9.17) is 12.2 Å². The monoisotopic (exact) mass is 485 g/mol. The predicted octanol–water partition coefficient (Wildman–Crippen LogP) is 4.45. The first-order valence-corrected chi connectivity index (χ1v) is 11.6. The highest BCUT2D eigenvalue weighted by Crippen LogP contribution is 2.21. The Bertz CT molecular complexity index is 1600. The van der Waals surface area contributed by atoms with Gasteiger partial charge in [-0.3, -0.25) is 19.1 Å². The Morgan fingerprint density at radius 1 is 1.03 bits per heavy atom. The maximum absolute atomic E-state index is 13.3. The molecule has 0 unspecified atom stereocenters. The fourth-order valence-corrected chi connectivity index (χ4v) is 4.49. The van der Waals surface area contributed by atoms with Gasteiger partial charge in [-0.1, -0.05) is 12.1 Å². The molecule has 1 fully saturated rings. The Hall–Kier alpha value is -4.24. The zero-order valence-corrected chi connectivity index (χ0v) is 20.0. The molecule has 0 atom stereocenters. The molecule has 2 heterocycles. The molecule has 1 aromatic heterocycles. The Morgan fingerprint density at radius 2 is 1.80 bits per heavy atom. The van der Waals surface area contributed by atoms with E-state index in [1.165, 1.54) is 4.57 Å². The molecule has 0 saturated carbocycles. The molecule has 8 nitrogen and oxygen atoms in total.